The van der Waals surface area contributed by atoms with Gasteiger partial charge in [0.05, 0.1) is 6.04 Å². The molecule has 0 aliphatic heterocycles. The van der Waals surface area contributed by atoms with Gasteiger partial charge >= 0.3 is 5.97 Å². The van der Waals surface area contributed by atoms with Crippen LogP contribution in [0.25, 0.3) is 0 Å². The molecule has 0 bridgehead atoms. The summed E-state index contributed by atoms with van der Waals surface area (Å²) in [7, 11) is 1.75. The van der Waals surface area contributed by atoms with Gasteiger partial charge in [-0.1, -0.05) is 6.92 Å². The number of hydrogen-bond donors (Lipinski definition) is 2. The third-order valence-corrected chi connectivity index (χ3v) is 1.69. The number of carbonyl (C=O) groups is 1. The molecule has 0 aliphatic carbocycles. The Kier molecular flexibility index (Phi) is 2.97. The zero-order valence-corrected chi connectivity index (χ0v) is 7.44. The molecule has 1 aromatic rings. The molecular formula is C7H11N3O3. The highest BCUT2D eigenvalue weighted by Gasteiger charge is 2.18. The van der Waals surface area contributed by atoms with Crippen molar-refractivity contribution in [1.82, 2.24) is 15.5 Å². The second-order valence-electron chi connectivity index (χ2n) is 2.51. The lowest BCUT2D eigenvalue weighted by atomic mass is 10.2. The predicted molar refractivity (Wildman–Crippen MR) is 43.3 cm³/mol. The summed E-state index contributed by atoms with van der Waals surface area (Å²) in [5.41, 5.74) is 0. The summed E-state index contributed by atoms with van der Waals surface area (Å²) in [6.07, 6.45) is 0.762. The maximum absolute atomic E-state index is 10.4. The molecule has 0 saturated carbocycles. The molecule has 6 heteroatoms. The predicted octanol–water partition coefficient (Wildman–Crippen LogP) is 0.438. The first-order valence-electron chi connectivity index (χ1n) is 3.93. The van der Waals surface area contributed by atoms with E-state index in [1.807, 2.05) is 6.92 Å². The Morgan fingerprint density at radius 3 is 2.85 bits per heavy atom. The third kappa shape index (κ3) is 2.03. The first kappa shape index (κ1) is 9.66. The van der Waals surface area contributed by atoms with Crippen LogP contribution in [-0.2, 0) is 0 Å². The quantitative estimate of drug-likeness (QED) is 0.707. The largest absolute Gasteiger partial charge is 0.475 e. The van der Waals surface area contributed by atoms with Crippen LogP contribution < -0.4 is 5.32 Å². The maximum atomic E-state index is 10.4. The number of rotatable bonds is 4. The van der Waals surface area contributed by atoms with Gasteiger partial charge in [-0.2, -0.15) is 4.98 Å². The van der Waals surface area contributed by atoms with Crippen molar-refractivity contribution in [1.29, 1.82) is 0 Å². The maximum Gasteiger partial charge on any atom is 0.377 e. The summed E-state index contributed by atoms with van der Waals surface area (Å²) < 4.78 is 4.77. The molecule has 0 spiro atoms. The molecule has 1 aromatic heterocycles. The third-order valence-electron chi connectivity index (χ3n) is 1.69. The van der Waals surface area contributed by atoms with E-state index in [4.69, 9.17) is 9.63 Å². The van der Waals surface area contributed by atoms with Crippen LogP contribution in [0.2, 0.25) is 0 Å². The molecule has 1 unspecified atom stereocenters. The topological polar surface area (TPSA) is 88.2 Å². The van der Waals surface area contributed by atoms with E-state index in [9.17, 15) is 4.79 Å². The monoisotopic (exact) mass is 185 g/mol. The minimum Gasteiger partial charge on any atom is -0.475 e. The van der Waals surface area contributed by atoms with E-state index >= 15 is 0 Å². The molecule has 0 saturated heterocycles. The van der Waals surface area contributed by atoms with E-state index in [0.717, 1.165) is 6.42 Å². The summed E-state index contributed by atoms with van der Waals surface area (Å²) in [6, 6.07) is -0.0828. The van der Waals surface area contributed by atoms with E-state index in [2.05, 4.69) is 15.5 Å². The second-order valence-corrected chi connectivity index (χ2v) is 2.51. The van der Waals surface area contributed by atoms with Crippen LogP contribution in [0.5, 0.6) is 0 Å². The Labute approximate surface area is 74.9 Å². The van der Waals surface area contributed by atoms with E-state index in [1.165, 1.54) is 0 Å². The molecule has 6 nitrogen and oxygen atoms in total. The number of aromatic nitrogens is 2. The van der Waals surface area contributed by atoms with Crippen LogP contribution in [-0.4, -0.2) is 28.3 Å². The van der Waals surface area contributed by atoms with Crippen molar-refractivity contribution >= 4 is 5.97 Å². The molecule has 0 amide bonds. The zero-order chi connectivity index (χ0) is 9.84. The van der Waals surface area contributed by atoms with Crippen molar-refractivity contribution in [2.75, 3.05) is 7.05 Å². The average Bonchev–Trinajstić information content (AvgIpc) is 2.56. The number of carboxylic acids is 1. The van der Waals surface area contributed by atoms with Crippen molar-refractivity contribution in [2.24, 2.45) is 0 Å². The van der Waals surface area contributed by atoms with Gasteiger partial charge < -0.3 is 14.9 Å². The van der Waals surface area contributed by atoms with Crippen molar-refractivity contribution < 1.29 is 14.4 Å². The first-order valence-corrected chi connectivity index (χ1v) is 3.93. The van der Waals surface area contributed by atoms with Crippen molar-refractivity contribution in [3.63, 3.8) is 0 Å². The van der Waals surface area contributed by atoms with Crippen molar-refractivity contribution in [3.8, 4) is 0 Å². The van der Waals surface area contributed by atoms with Gasteiger partial charge in [-0.15, -0.1) is 0 Å². The Balaban J connectivity index is 2.84. The molecule has 72 valence electrons. The Bertz CT molecular complexity index is 293. The highest BCUT2D eigenvalue weighted by molar-refractivity contribution is 5.82. The molecule has 1 rings (SSSR count). The number of carboxylic acid groups (broad SMARTS) is 1. The number of aromatic carboxylic acids is 1. The van der Waals surface area contributed by atoms with Gasteiger partial charge in [-0.25, -0.2) is 4.79 Å². The normalized spacial score (nSPS) is 12.8. The van der Waals surface area contributed by atoms with Gasteiger partial charge in [0, 0.05) is 0 Å². The van der Waals surface area contributed by atoms with Crippen molar-refractivity contribution in [2.45, 2.75) is 19.4 Å². The van der Waals surface area contributed by atoms with Gasteiger partial charge in [0.1, 0.15) is 0 Å². The van der Waals surface area contributed by atoms with Gasteiger partial charge in [0.25, 0.3) is 5.82 Å². The number of nitrogens with zero attached hydrogens (tertiary/aromatic N) is 2. The van der Waals surface area contributed by atoms with Gasteiger partial charge in [-0.05, 0) is 18.6 Å². The first-order chi connectivity index (χ1) is 6.19. The standard InChI is InChI=1S/C7H11N3O3/c1-3-4(8-2)6-9-5(7(11)12)10-13-6/h4,8H,3H2,1-2H3,(H,11,12). The summed E-state index contributed by atoms with van der Waals surface area (Å²) >= 11 is 0. The Morgan fingerprint density at radius 2 is 2.46 bits per heavy atom. The summed E-state index contributed by atoms with van der Waals surface area (Å²) in [5.74, 6) is -1.17. The van der Waals surface area contributed by atoms with Gasteiger partial charge in [0.15, 0.2) is 0 Å². The zero-order valence-electron chi connectivity index (χ0n) is 7.44. The molecule has 0 radical (unpaired) electrons. The molecule has 1 atom stereocenters. The fourth-order valence-corrected chi connectivity index (χ4v) is 0.966. The lowest BCUT2D eigenvalue weighted by Crippen LogP contribution is -2.15. The number of nitrogens with one attached hydrogen (secondary N) is 1. The van der Waals surface area contributed by atoms with E-state index in [1.54, 1.807) is 7.05 Å². The summed E-state index contributed by atoms with van der Waals surface area (Å²) in [6.45, 7) is 1.94. The van der Waals surface area contributed by atoms with Gasteiger partial charge in [-0.3, -0.25) is 0 Å². The molecular weight excluding hydrogens is 174 g/mol. The smallest absolute Gasteiger partial charge is 0.377 e. The average molecular weight is 185 g/mol. The second kappa shape index (κ2) is 3.99. The van der Waals surface area contributed by atoms with E-state index in [0.29, 0.717) is 5.89 Å². The highest BCUT2D eigenvalue weighted by atomic mass is 16.5. The fourth-order valence-electron chi connectivity index (χ4n) is 0.966. The van der Waals surface area contributed by atoms with E-state index in [-0.39, 0.29) is 11.9 Å². The number of hydrogen-bond acceptors (Lipinski definition) is 5. The lowest BCUT2D eigenvalue weighted by Gasteiger charge is -2.06. The van der Waals surface area contributed by atoms with Crippen LogP contribution in [0, 0.1) is 0 Å². The molecule has 0 aromatic carbocycles. The minimum absolute atomic E-state index is 0.0828. The Morgan fingerprint density at radius 1 is 1.77 bits per heavy atom. The van der Waals surface area contributed by atoms with Gasteiger partial charge in [0.2, 0.25) is 5.89 Å². The SMILES string of the molecule is CCC(NC)c1nc(C(=O)O)no1. The molecule has 13 heavy (non-hydrogen) atoms. The van der Waals surface area contributed by atoms with Crippen molar-refractivity contribution in [3.05, 3.63) is 11.7 Å². The molecule has 1 heterocycles. The van der Waals surface area contributed by atoms with E-state index < -0.39 is 5.97 Å². The minimum atomic E-state index is -1.18. The molecule has 0 fully saturated rings. The highest BCUT2D eigenvalue weighted by Crippen LogP contribution is 2.12. The Hall–Kier alpha value is -1.43. The lowest BCUT2D eigenvalue weighted by molar-refractivity contribution is 0.0680. The van der Waals surface area contributed by atoms with Crippen LogP contribution in [0.1, 0.15) is 35.9 Å². The van der Waals surface area contributed by atoms with Crippen LogP contribution in [0.4, 0.5) is 0 Å². The summed E-state index contributed by atoms with van der Waals surface area (Å²) in [4.78, 5) is 14.1. The fraction of sp³-hybridized carbons (Fsp3) is 0.571. The molecule has 2 N–H and O–H groups in total. The van der Waals surface area contributed by atoms with Crippen LogP contribution in [0.15, 0.2) is 4.52 Å². The van der Waals surface area contributed by atoms with Crippen LogP contribution in [0.3, 0.4) is 0 Å². The summed E-state index contributed by atoms with van der Waals surface area (Å²) in [5, 5.41) is 14.8. The van der Waals surface area contributed by atoms with Crippen LogP contribution >= 0.6 is 0 Å². The molecule has 0 aliphatic rings.